The average Bonchev–Trinajstić information content (AvgIpc) is 2.36. The van der Waals surface area contributed by atoms with Crippen LogP contribution in [0.2, 0.25) is 5.02 Å². The molecule has 19 heavy (non-hydrogen) atoms. The molecule has 5 nitrogen and oxygen atoms in total. The third-order valence-corrected chi connectivity index (χ3v) is 2.93. The number of hydrogen-bond donors (Lipinski definition) is 1. The Morgan fingerprint density at radius 1 is 1.63 bits per heavy atom. The molecule has 2 N–H and O–H groups in total. The Labute approximate surface area is 117 Å². The lowest BCUT2D eigenvalue weighted by Gasteiger charge is -2.24. The fourth-order valence-electron chi connectivity index (χ4n) is 1.82. The van der Waals surface area contributed by atoms with Gasteiger partial charge in [0.2, 0.25) is 0 Å². The number of esters is 1. The smallest absolute Gasteiger partial charge is 0.340 e. The normalized spacial score (nSPS) is 11.5. The van der Waals surface area contributed by atoms with Crippen LogP contribution in [-0.2, 0) is 4.74 Å². The number of halogens is 1. The highest BCUT2D eigenvalue weighted by atomic mass is 35.5. The number of nitriles is 1. The van der Waals surface area contributed by atoms with Crippen LogP contribution in [0.15, 0.2) is 12.1 Å². The maximum Gasteiger partial charge on any atom is 0.340 e. The summed E-state index contributed by atoms with van der Waals surface area (Å²) >= 11 is 6.14. The zero-order valence-corrected chi connectivity index (χ0v) is 11.9. The van der Waals surface area contributed by atoms with Crippen LogP contribution in [0.4, 0.5) is 11.4 Å². The van der Waals surface area contributed by atoms with E-state index in [0.717, 1.165) is 0 Å². The van der Waals surface area contributed by atoms with Crippen molar-refractivity contribution in [3.63, 3.8) is 0 Å². The number of methoxy groups -OCH3 is 1. The summed E-state index contributed by atoms with van der Waals surface area (Å²) in [5.41, 5.74) is 6.88. The third kappa shape index (κ3) is 3.52. The van der Waals surface area contributed by atoms with Gasteiger partial charge in [-0.3, -0.25) is 0 Å². The summed E-state index contributed by atoms with van der Waals surface area (Å²) < 4.78 is 4.72. The predicted molar refractivity (Wildman–Crippen MR) is 75.3 cm³/mol. The average molecular weight is 282 g/mol. The molecule has 1 rings (SSSR count). The molecule has 0 aliphatic rings. The summed E-state index contributed by atoms with van der Waals surface area (Å²) in [5.74, 6) is -0.704. The van der Waals surface area contributed by atoms with E-state index in [1.165, 1.54) is 13.2 Å². The van der Waals surface area contributed by atoms with E-state index >= 15 is 0 Å². The van der Waals surface area contributed by atoms with Crippen LogP contribution < -0.4 is 10.6 Å². The van der Waals surface area contributed by atoms with Gasteiger partial charge in [-0.2, -0.15) is 5.26 Å². The van der Waals surface area contributed by atoms with Gasteiger partial charge in [0.15, 0.2) is 0 Å². The number of carbonyl (C=O) groups excluding carboxylic acids is 1. The summed E-state index contributed by atoms with van der Waals surface area (Å²) in [5, 5.41) is 9.20. The van der Waals surface area contributed by atoms with E-state index in [4.69, 9.17) is 27.3 Å². The van der Waals surface area contributed by atoms with E-state index < -0.39 is 5.97 Å². The third-order valence-electron chi connectivity index (χ3n) is 2.64. The molecule has 6 heteroatoms. The van der Waals surface area contributed by atoms with Crippen LogP contribution in [0.1, 0.15) is 17.3 Å². The largest absolute Gasteiger partial charge is 0.465 e. The Balaban J connectivity index is 3.25. The van der Waals surface area contributed by atoms with Crippen molar-refractivity contribution in [2.45, 2.75) is 6.92 Å². The van der Waals surface area contributed by atoms with Crippen LogP contribution >= 0.6 is 11.6 Å². The highest BCUT2D eigenvalue weighted by Gasteiger charge is 2.20. The minimum Gasteiger partial charge on any atom is -0.465 e. The summed E-state index contributed by atoms with van der Waals surface area (Å²) in [6, 6.07) is 5.21. The molecule has 1 unspecified atom stereocenters. The van der Waals surface area contributed by atoms with Crippen LogP contribution in [0.25, 0.3) is 0 Å². The first-order valence-electron chi connectivity index (χ1n) is 5.68. The summed E-state index contributed by atoms with van der Waals surface area (Å²) in [4.78, 5) is 13.5. The van der Waals surface area contributed by atoms with Crippen molar-refractivity contribution >= 4 is 28.9 Å². The molecule has 0 spiro atoms. The van der Waals surface area contributed by atoms with E-state index in [9.17, 15) is 4.79 Å². The van der Waals surface area contributed by atoms with Gasteiger partial charge in [-0.25, -0.2) is 4.79 Å². The molecule has 1 atom stereocenters. The molecule has 0 amide bonds. The van der Waals surface area contributed by atoms with Crippen molar-refractivity contribution in [3.05, 3.63) is 22.7 Å². The van der Waals surface area contributed by atoms with Crippen LogP contribution in [0.5, 0.6) is 0 Å². The van der Waals surface area contributed by atoms with Gasteiger partial charge < -0.3 is 15.4 Å². The van der Waals surface area contributed by atoms with Crippen LogP contribution in [0, 0.1) is 17.2 Å². The molecule has 0 saturated carbocycles. The predicted octanol–water partition coefficient (Wildman–Crippen LogP) is 2.30. The second-order valence-electron chi connectivity index (χ2n) is 4.30. The highest BCUT2D eigenvalue weighted by Crippen LogP contribution is 2.32. The van der Waals surface area contributed by atoms with Crippen molar-refractivity contribution in [1.82, 2.24) is 0 Å². The van der Waals surface area contributed by atoms with E-state index in [2.05, 4.69) is 6.07 Å². The Morgan fingerprint density at radius 2 is 2.26 bits per heavy atom. The van der Waals surface area contributed by atoms with Gasteiger partial charge >= 0.3 is 5.97 Å². The van der Waals surface area contributed by atoms with Gasteiger partial charge in [0.25, 0.3) is 0 Å². The minimum atomic E-state index is -0.513. The van der Waals surface area contributed by atoms with E-state index in [0.29, 0.717) is 28.5 Å². The van der Waals surface area contributed by atoms with Crippen molar-refractivity contribution in [3.8, 4) is 6.07 Å². The van der Waals surface area contributed by atoms with Gasteiger partial charge in [-0.15, -0.1) is 0 Å². The van der Waals surface area contributed by atoms with Crippen molar-refractivity contribution in [2.75, 3.05) is 31.3 Å². The molecule has 1 aromatic carbocycles. The van der Waals surface area contributed by atoms with Crippen molar-refractivity contribution < 1.29 is 9.53 Å². The zero-order chi connectivity index (χ0) is 14.6. The molecular formula is C13H16ClN3O2. The number of anilines is 2. The Kier molecular flexibility index (Phi) is 5.02. The molecule has 0 saturated heterocycles. The minimum absolute atomic E-state index is 0.191. The molecule has 0 radical (unpaired) electrons. The topological polar surface area (TPSA) is 79.3 Å². The number of carbonyl (C=O) groups is 1. The number of benzene rings is 1. The molecule has 0 fully saturated rings. The van der Waals surface area contributed by atoms with E-state index in [1.54, 1.807) is 24.9 Å². The Hall–Kier alpha value is -1.93. The molecule has 0 aliphatic carbocycles. The number of ether oxygens (including phenoxy) is 1. The SMILES string of the molecule is COC(=O)c1cc(N)cc(Cl)c1N(C)CC(C)C#N. The number of nitrogen functional groups attached to an aromatic ring is 1. The molecule has 1 aromatic rings. The zero-order valence-electron chi connectivity index (χ0n) is 11.1. The quantitative estimate of drug-likeness (QED) is 0.677. The van der Waals surface area contributed by atoms with Gasteiger partial charge in [-0.05, 0) is 19.1 Å². The van der Waals surface area contributed by atoms with Gasteiger partial charge in [-0.1, -0.05) is 11.6 Å². The first-order valence-corrected chi connectivity index (χ1v) is 6.06. The molecular weight excluding hydrogens is 266 g/mol. The van der Waals surface area contributed by atoms with E-state index in [-0.39, 0.29) is 5.92 Å². The van der Waals surface area contributed by atoms with Crippen LogP contribution in [-0.4, -0.2) is 26.7 Å². The lowest BCUT2D eigenvalue weighted by molar-refractivity contribution is 0.0601. The van der Waals surface area contributed by atoms with Gasteiger partial charge in [0.05, 0.1) is 35.4 Å². The fraction of sp³-hybridized carbons (Fsp3) is 0.385. The molecule has 0 aromatic heterocycles. The summed E-state index contributed by atoms with van der Waals surface area (Å²) in [6.07, 6.45) is 0. The Bertz CT molecular complexity index is 525. The first kappa shape index (κ1) is 15.1. The van der Waals surface area contributed by atoms with E-state index in [1.807, 2.05) is 0 Å². The molecule has 102 valence electrons. The number of nitrogens with two attached hydrogens (primary N) is 1. The second-order valence-corrected chi connectivity index (χ2v) is 4.71. The van der Waals surface area contributed by atoms with Crippen molar-refractivity contribution in [1.29, 1.82) is 5.26 Å². The lowest BCUT2D eigenvalue weighted by Crippen LogP contribution is -2.25. The Morgan fingerprint density at radius 3 is 2.79 bits per heavy atom. The second kappa shape index (κ2) is 6.30. The standard InChI is InChI=1S/C13H16ClN3O2/c1-8(6-15)7-17(2)12-10(13(18)19-3)4-9(16)5-11(12)14/h4-5,8H,7,16H2,1-3H3. The molecule has 0 heterocycles. The summed E-state index contributed by atoms with van der Waals surface area (Å²) in [6.45, 7) is 2.24. The number of nitrogens with zero attached hydrogens (tertiary/aromatic N) is 2. The summed E-state index contributed by atoms with van der Waals surface area (Å²) in [7, 11) is 3.05. The molecule has 0 aliphatic heterocycles. The maximum absolute atomic E-state index is 11.8. The first-order chi connectivity index (χ1) is 8.90. The number of hydrogen-bond acceptors (Lipinski definition) is 5. The lowest BCUT2D eigenvalue weighted by atomic mass is 10.1. The molecule has 0 bridgehead atoms. The highest BCUT2D eigenvalue weighted by molar-refractivity contribution is 6.34. The van der Waals surface area contributed by atoms with Gasteiger partial charge in [0.1, 0.15) is 0 Å². The van der Waals surface area contributed by atoms with Crippen LogP contribution in [0.3, 0.4) is 0 Å². The monoisotopic (exact) mass is 281 g/mol. The number of rotatable bonds is 4. The maximum atomic E-state index is 11.8. The van der Waals surface area contributed by atoms with Crippen molar-refractivity contribution in [2.24, 2.45) is 5.92 Å². The van der Waals surface area contributed by atoms with Gasteiger partial charge in [0, 0.05) is 19.3 Å². The fourth-order valence-corrected chi connectivity index (χ4v) is 2.19.